The first-order chi connectivity index (χ1) is 12.3. The predicted molar refractivity (Wildman–Crippen MR) is 107 cm³/mol. The van der Waals surface area contributed by atoms with Crippen LogP contribution in [0, 0.1) is 11.8 Å². The third kappa shape index (κ3) is 3.77. The molecule has 3 saturated heterocycles. The van der Waals surface area contributed by atoms with E-state index in [0.29, 0.717) is 31.0 Å². The van der Waals surface area contributed by atoms with Crippen LogP contribution in [0.2, 0.25) is 0 Å². The lowest BCUT2D eigenvalue weighted by Gasteiger charge is -2.44. The van der Waals surface area contributed by atoms with Crippen molar-refractivity contribution in [2.45, 2.75) is 65.0 Å². The monoisotopic (exact) mass is 381 g/mol. The van der Waals surface area contributed by atoms with Crippen molar-refractivity contribution in [3.63, 3.8) is 0 Å². The van der Waals surface area contributed by atoms with E-state index in [2.05, 4.69) is 32.6 Å². The third-order valence-corrected chi connectivity index (χ3v) is 7.29. The van der Waals surface area contributed by atoms with Crippen molar-refractivity contribution >= 4 is 23.7 Å². The normalized spacial score (nSPS) is 26.9. The smallest absolute Gasteiger partial charge is 0.309 e. The van der Waals surface area contributed by atoms with Gasteiger partial charge in [-0.15, -0.1) is 0 Å². The van der Waals surface area contributed by atoms with Crippen LogP contribution in [0.3, 0.4) is 0 Å². The molecule has 3 aliphatic heterocycles. The molecule has 0 radical (unpaired) electrons. The Bertz CT molecular complexity index is 523. The molecule has 0 bridgehead atoms. The number of rotatable bonds is 6. The highest BCUT2D eigenvalue weighted by Crippen LogP contribution is 2.39. The Balaban J connectivity index is 1.77. The number of urea groups is 1. The van der Waals surface area contributed by atoms with Crippen molar-refractivity contribution in [2.24, 2.45) is 11.8 Å². The number of imide groups is 1. The summed E-state index contributed by atoms with van der Waals surface area (Å²) in [6, 6.07) is 0.620. The highest BCUT2D eigenvalue weighted by Gasteiger charge is 2.57. The SMILES string of the molecule is CC(C)CCN1C(=O)N(CC(C)C)C(=O)C12CCN([C@@H]1CCSC1)CC2. The van der Waals surface area contributed by atoms with Gasteiger partial charge in [-0.05, 0) is 43.3 Å². The lowest BCUT2D eigenvalue weighted by Crippen LogP contribution is -2.58. The quantitative estimate of drug-likeness (QED) is 0.662. The van der Waals surface area contributed by atoms with Gasteiger partial charge in [0.15, 0.2) is 0 Å². The van der Waals surface area contributed by atoms with E-state index in [4.69, 9.17) is 0 Å². The molecule has 1 spiro atoms. The van der Waals surface area contributed by atoms with Crippen LogP contribution in [0.5, 0.6) is 0 Å². The third-order valence-electron chi connectivity index (χ3n) is 6.15. The predicted octanol–water partition coefficient (Wildman–Crippen LogP) is 3.29. The average Bonchev–Trinajstić information content (AvgIpc) is 3.18. The van der Waals surface area contributed by atoms with Crippen LogP contribution in [-0.2, 0) is 4.79 Å². The number of nitrogens with zero attached hydrogens (tertiary/aromatic N) is 3. The zero-order chi connectivity index (χ0) is 18.9. The zero-order valence-corrected chi connectivity index (χ0v) is 17.7. The molecular weight excluding hydrogens is 346 g/mol. The Hall–Kier alpha value is -0.750. The molecule has 1 atom stereocenters. The first-order valence-corrected chi connectivity index (χ1v) is 11.5. The van der Waals surface area contributed by atoms with Gasteiger partial charge in [0.25, 0.3) is 5.91 Å². The first kappa shape index (κ1) is 20.0. The molecule has 5 nitrogen and oxygen atoms in total. The summed E-state index contributed by atoms with van der Waals surface area (Å²) >= 11 is 2.04. The van der Waals surface area contributed by atoms with E-state index in [1.165, 1.54) is 17.9 Å². The average molecular weight is 382 g/mol. The molecule has 0 N–H and O–H groups in total. The molecule has 3 fully saturated rings. The number of thioether (sulfide) groups is 1. The molecular formula is C20H35N3O2S. The lowest BCUT2D eigenvalue weighted by atomic mass is 9.84. The molecule has 3 aliphatic rings. The Morgan fingerprint density at radius 1 is 1.12 bits per heavy atom. The fourth-order valence-electron chi connectivity index (χ4n) is 4.56. The van der Waals surface area contributed by atoms with Crippen LogP contribution in [-0.4, -0.2) is 75.9 Å². The number of hydrogen-bond donors (Lipinski definition) is 0. The van der Waals surface area contributed by atoms with Gasteiger partial charge in [0, 0.05) is 38.0 Å². The van der Waals surface area contributed by atoms with E-state index in [1.54, 1.807) is 4.90 Å². The van der Waals surface area contributed by atoms with Crippen LogP contribution in [0.4, 0.5) is 4.79 Å². The Morgan fingerprint density at radius 3 is 2.35 bits per heavy atom. The van der Waals surface area contributed by atoms with Gasteiger partial charge in [-0.1, -0.05) is 27.7 Å². The van der Waals surface area contributed by atoms with E-state index >= 15 is 0 Å². The van der Waals surface area contributed by atoms with Crippen molar-refractivity contribution in [1.82, 2.24) is 14.7 Å². The maximum atomic E-state index is 13.4. The van der Waals surface area contributed by atoms with Gasteiger partial charge in [-0.25, -0.2) is 4.79 Å². The highest BCUT2D eigenvalue weighted by molar-refractivity contribution is 7.99. The largest absolute Gasteiger partial charge is 0.327 e. The molecule has 0 unspecified atom stereocenters. The summed E-state index contributed by atoms with van der Waals surface area (Å²) in [5.74, 6) is 3.38. The van der Waals surface area contributed by atoms with Crippen LogP contribution in [0.1, 0.15) is 53.4 Å². The zero-order valence-electron chi connectivity index (χ0n) is 16.9. The van der Waals surface area contributed by atoms with Crippen molar-refractivity contribution < 1.29 is 9.59 Å². The molecule has 6 heteroatoms. The Morgan fingerprint density at radius 2 is 1.81 bits per heavy atom. The van der Waals surface area contributed by atoms with Gasteiger partial charge < -0.3 is 4.90 Å². The molecule has 0 aliphatic carbocycles. The van der Waals surface area contributed by atoms with Crippen molar-refractivity contribution in [2.75, 3.05) is 37.7 Å². The van der Waals surface area contributed by atoms with Crippen LogP contribution in [0.25, 0.3) is 0 Å². The lowest BCUT2D eigenvalue weighted by molar-refractivity contribution is -0.136. The van der Waals surface area contributed by atoms with E-state index in [9.17, 15) is 9.59 Å². The van der Waals surface area contributed by atoms with Gasteiger partial charge >= 0.3 is 6.03 Å². The molecule has 3 heterocycles. The number of carbonyl (C=O) groups is 2. The first-order valence-electron chi connectivity index (χ1n) is 10.3. The van der Waals surface area contributed by atoms with E-state index in [0.717, 1.165) is 32.4 Å². The van der Waals surface area contributed by atoms with Crippen molar-refractivity contribution in [3.8, 4) is 0 Å². The Labute approximate surface area is 162 Å². The number of hydrogen-bond acceptors (Lipinski definition) is 4. The molecule has 3 rings (SSSR count). The Kier molecular flexibility index (Phi) is 6.22. The molecule has 3 amide bonds. The number of carbonyl (C=O) groups excluding carboxylic acids is 2. The van der Waals surface area contributed by atoms with E-state index < -0.39 is 5.54 Å². The van der Waals surface area contributed by atoms with Gasteiger partial charge in [-0.2, -0.15) is 11.8 Å². The second kappa shape index (κ2) is 8.09. The minimum absolute atomic E-state index is 0.0470. The number of piperidine rings is 1. The molecule has 148 valence electrons. The summed E-state index contributed by atoms with van der Waals surface area (Å²) in [5, 5.41) is 0. The minimum atomic E-state index is -0.580. The standard InChI is InChI=1S/C20H35N3O2S/c1-15(2)5-9-23-19(25)22(13-16(3)4)18(24)20(23)7-10-21(11-8-20)17-6-12-26-14-17/h15-17H,5-14H2,1-4H3/t17-/m1/s1. The highest BCUT2D eigenvalue weighted by atomic mass is 32.2. The summed E-state index contributed by atoms with van der Waals surface area (Å²) in [6.07, 6.45) is 3.82. The second-order valence-electron chi connectivity index (χ2n) is 9.01. The summed E-state index contributed by atoms with van der Waals surface area (Å²) in [7, 11) is 0. The molecule has 0 aromatic rings. The summed E-state index contributed by atoms with van der Waals surface area (Å²) < 4.78 is 0. The number of amides is 3. The van der Waals surface area contributed by atoms with Crippen molar-refractivity contribution in [1.29, 1.82) is 0 Å². The van der Waals surface area contributed by atoms with Gasteiger partial charge in [0.2, 0.25) is 0 Å². The van der Waals surface area contributed by atoms with Gasteiger partial charge in [0.1, 0.15) is 5.54 Å². The fourth-order valence-corrected chi connectivity index (χ4v) is 5.81. The summed E-state index contributed by atoms with van der Waals surface area (Å²) in [4.78, 5) is 32.5. The molecule has 0 saturated carbocycles. The van der Waals surface area contributed by atoms with Crippen LogP contribution >= 0.6 is 11.8 Å². The second-order valence-corrected chi connectivity index (χ2v) is 10.2. The van der Waals surface area contributed by atoms with Gasteiger partial charge in [-0.3, -0.25) is 14.6 Å². The van der Waals surface area contributed by atoms with E-state index in [1.807, 2.05) is 16.7 Å². The van der Waals surface area contributed by atoms with Crippen LogP contribution < -0.4 is 0 Å². The number of likely N-dealkylation sites (tertiary alicyclic amines) is 1. The van der Waals surface area contributed by atoms with Crippen molar-refractivity contribution in [3.05, 3.63) is 0 Å². The van der Waals surface area contributed by atoms with Gasteiger partial charge in [0.05, 0.1) is 0 Å². The summed E-state index contributed by atoms with van der Waals surface area (Å²) in [5.41, 5.74) is -0.580. The fraction of sp³-hybridized carbons (Fsp3) is 0.900. The topological polar surface area (TPSA) is 43.9 Å². The maximum absolute atomic E-state index is 13.4. The molecule has 26 heavy (non-hydrogen) atoms. The summed E-state index contributed by atoms with van der Waals surface area (Å²) in [6.45, 7) is 11.6. The molecule has 0 aromatic heterocycles. The molecule has 0 aromatic carbocycles. The minimum Gasteiger partial charge on any atom is -0.309 e. The van der Waals surface area contributed by atoms with E-state index in [-0.39, 0.29) is 11.9 Å². The van der Waals surface area contributed by atoms with Crippen LogP contribution in [0.15, 0.2) is 0 Å². The maximum Gasteiger partial charge on any atom is 0.327 e.